The van der Waals surface area contributed by atoms with Gasteiger partial charge < -0.3 is 5.32 Å². The Kier molecular flexibility index (Phi) is 3.01. The fourth-order valence-corrected chi connectivity index (χ4v) is 1.81. The predicted molar refractivity (Wildman–Crippen MR) is 61.4 cm³/mol. The van der Waals surface area contributed by atoms with Crippen LogP contribution in [0.4, 0.5) is 10.8 Å². The van der Waals surface area contributed by atoms with E-state index in [1.54, 1.807) is 17.5 Å². The zero-order chi connectivity index (χ0) is 9.80. The average molecular weight is 225 g/mol. The van der Waals surface area contributed by atoms with Gasteiger partial charge in [0.25, 0.3) is 0 Å². The molecule has 0 radical (unpaired) electrons. The Hall–Kier alpha value is -1.06. The molecule has 0 fully saturated rings. The van der Waals surface area contributed by atoms with E-state index in [-0.39, 0.29) is 0 Å². The number of hydrogen-bond acceptors (Lipinski definition) is 3. The molecule has 0 amide bonds. The second-order valence-corrected chi connectivity index (χ2v) is 3.95. The first-order valence-electron chi connectivity index (χ1n) is 4.20. The van der Waals surface area contributed by atoms with Gasteiger partial charge in [-0.15, -0.1) is 22.9 Å². The molecule has 0 aliphatic heterocycles. The van der Waals surface area contributed by atoms with Crippen molar-refractivity contribution in [1.29, 1.82) is 0 Å². The molecule has 72 valence electrons. The predicted octanol–water partition coefficient (Wildman–Crippen LogP) is 3.63. The minimum absolute atomic E-state index is 0.553. The maximum atomic E-state index is 5.69. The third-order valence-corrected chi connectivity index (χ3v) is 2.79. The van der Waals surface area contributed by atoms with Crippen molar-refractivity contribution in [2.75, 3.05) is 5.32 Å². The molecule has 0 saturated carbocycles. The highest BCUT2D eigenvalue weighted by Crippen LogP contribution is 2.19. The third-order valence-electron chi connectivity index (χ3n) is 1.79. The van der Waals surface area contributed by atoms with Crippen molar-refractivity contribution in [3.8, 4) is 0 Å². The highest BCUT2D eigenvalue weighted by atomic mass is 35.5. The van der Waals surface area contributed by atoms with E-state index in [1.807, 2.05) is 29.6 Å². The van der Waals surface area contributed by atoms with Crippen LogP contribution >= 0.6 is 22.9 Å². The smallest absolute Gasteiger partial charge is 0.187 e. The molecule has 4 heteroatoms. The molecule has 0 aliphatic carbocycles. The van der Waals surface area contributed by atoms with Gasteiger partial charge in [-0.2, -0.15) is 0 Å². The first kappa shape index (κ1) is 9.49. The van der Waals surface area contributed by atoms with E-state index in [4.69, 9.17) is 11.6 Å². The Morgan fingerprint density at radius 3 is 2.64 bits per heavy atom. The van der Waals surface area contributed by atoms with Gasteiger partial charge in [0.1, 0.15) is 0 Å². The molecule has 0 aliphatic rings. The van der Waals surface area contributed by atoms with Crippen LogP contribution in [0.2, 0.25) is 0 Å². The van der Waals surface area contributed by atoms with E-state index >= 15 is 0 Å². The number of benzene rings is 1. The minimum atomic E-state index is 0.553. The van der Waals surface area contributed by atoms with Crippen LogP contribution in [0, 0.1) is 0 Å². The molecular formula is C10H9ClN2S. The van der Waals surface area contributed by atoms with Gasteiger partial charge in [-0.25, -0.2) is 4.98 Å². The van der Waals surface area contributed by atoms with Crippen LogP contribution in [0.5, 0.6) is 0 Å². The molecule has 1 aromatic heterocycles. The molecule has 0 saturated heterocycles. The molecule has 1 aromatic carbocycles. The lowest BCUT2D eigenvalue weighted by molar-refractivity contribution is 1.37. The number of aromatic nitrogens is 1. The van der Waals surface area contributed by atoms with Crippen molar-refractivity contribution in [2.24, 2.45) is 0 Å². The summed E-state index contributed by atoms with van der Waals surface area (Å²) in [5.41, 5.74) is 2.16. The number of nitrogens with zero attached hydrogens (tertiary/aromatic N) is 1. The van der Waals surface area contributed by atoms with Crippen molar-refractivity contribution in [3.05, 3.63) is 41.4 Å². The average Bonchev–Trinajstić information content (AvgIpc) is 2.72. The van der Waals surface area contributed by atoms with E-state index in [9.17, 15) is 0 Å². The van der Waals surface area contributed by atoms with Crippen LogP contribution in [0.3, 0.4) is 0 Å². The first-order chi connectivity index (χ1) is 6.88. The number of anilines is 2. The van der Waals surface area contributed by atoms with E-state index in [0.29, 0.717) is 5.88 Å². The summed E-state index contributed by atoms with van der Waals surface area (Å²) in [6.07, 6.45) is 1.78. The van der Waals surface area contributed by atoms with Crippen LogP contribution in [0.1, 0.15) is 5.56 Å². The van der Waals surface area contributed by atoms with E-state index in [2.05, 4.69) is 10.3 Å². The highest BCUT2D eigenvalue weighted by molar-refractivity contribution is 7.13. The molecule has 0 atom stereocenters. The summed E-state index contributed by atoms with van der Waals surface area (Å²) in [5, 5.41) is 6.05. The van der Waals surface area contributed by atoms with Crippen molar-refractivity contribution in [3.63, 3.8) is 0 Å². The van der Waals surface area contributed by atoms with Crippen molar-refractivity contribution >= 4 is 33.8 Å². The van der Waals surface area contributed by atoms with Gasteiger partial charge in [0.05, 0.1) is 0 Å². The standard InChI is InChI=1S/C10H9ClN2S/c11-7-8-1-3-9(4-2-8)13-10-12-5-6-14-10/h1-6H,7H2,(H,12,13). The van der Waals surface area contributed by atoms with Gasteiger partial charge in [-0.05, 0) is 17.7 Å². The second-order valence-electron chi connectivity index (χ2n) is 2.79. The minimum Gasteiger partial charge on any atom is -0.332 e. The molecular weight excluding hydrogens is 216 g/mol. The maximum Gasteiger partial charge on any atom is 0.187 e. The van der Waals surface area contributed by atoms with Gasteiger partial charge in [0.2, 0.25) is 0 Å². The zero-order valence-electron chi connectivity index (χ0n) is 7.40. The maximum absolute atomic E-state index is 5.69. The molecule has 2 nitrogen and oxygen atoms in total. The number of thiazole rings is 1. The quantitative estimate of drug-likeness (QED) is 0.806. The second kappa shape index (κ2) is 4.44. The summed E-state index contributed by atoms with van der Waals surface area (Å²) >= 11 is 7.27. The van der Waals surface area contributed by atoms with E-state index < -0.39 is 0 Å². The van der Waals surface area contributed by atoms with Gasteiger partial charge >= 0.3 is 0 Å². The summed E-state index contributed by atoms with van der Waals surface area (Å²) in [6, 6.07) is 8.00. The number of rotatable bonds is 3. The fourth-order valence-electron chi connectivity index (χ4n) is 1.09. The number of nitrogens with one attached hydrogen (secondary N) is 1. The highest BCUT2D eigenvalue weighted by Gasteiger charge is 1.96. The van der Waals surface area contributed by atoms with Crippen molar-refractivity contribution in [1.82, 2.24) is 4.98 Å². The Balaban J connectivity index is 2.10. The zero-order valence-corrected chi connectivity index (χ0v) is 8.98. The Morgan fingerprint density at radius 2 is 2.07 bits per heavy atom. The molecule has 14 heavy (non-hydrogen) atoms. The summed E-state index contributed by atoms with van der Waals surface area (Å²) in [4.78, 5) is 4.14. The first-order valence-corrected chi connectivity index (χ1v) is 5.61. The third kappa shape index (κ3) is 2.25. The lowest BCUT2D eigenvalue weighted by atomic mass is 10.2. The molecule has 2 rings (SSSR count). The van der Waals surface area contributed by atoms with Crippen molar-refractivity contribution < 1.29 is 0 Å². The summed E-state index contributed by atoms with van der Waals surface area (Å²) in [6.45, 7) is 0. The van der Waals surface area contributed by atoms with Crippen LogP contribution < -0.4 is 5.32 Å². The SMILES string of the molecule is ClCc1ccc(Nc2nccs2)cc1. The number of alkyl halides is 1. The largest absolute Gasteiger partial charge is 0.332 e. The van der Waals surface area contributed by atoms with Gasteiger partial charge in [0, 0.05) is 23.1 Å². The van der Waals surface area contributed by atoms with Gasteiger partial charge in [0.15, 0.2) is 5.13 Å². The van der Waals surface area contributed by atoms with Crippen molar-refractivity contribution in [2.45, 2.75) is 5.88 Å². The Morgan fingerprint density at radius 1 is 1.29 bits per heavy atom. The lowest BCUT2D eigenvalue weighted by Gasteiger charge is -2.02. The van der Waals surface area contributed by atoms with Crippen LogP contribution in [0.25, 0.3) is 0 Å². The number of hydrogen-bond donors (Lipinski definition) is 1. The van der Waals surface area contributed by atoms with E-state index in [1.165, 1.54) is 0 Å². The lowest BCUT2D eigenvalue weighted by Crippen LogP contribution is -1.88. The monoisotopic (exact) mass is 224 g/mol. The van der Waals surface area contributed by atoms with E-state index in [0.717, 1.165) is 16.4 Å². The molecule has 2 aromatic rings. The van der Waals surface area contributed by atoms with Gasteiger partial charge in [-0.3, -0.25) is 0 Å². The van der Waals surface area contributed by atoms with Crippen LogP contribution in [0.15, 0.2) is 35.8 Å². The number of halogens is 1. The van der Waals surface area contributed by atoms with Gasteiger partial charge in [-0.1, -0.05) is 12.1 Å². The topological polar surface area (TPSA) is 24.9 Å². The molecule has 1 heterocycles. The van der Waals surface area contributed by atoms with Crippen LogP contribution in [-0.4, -0.2) is 4.98 Å². The molecule has 0 spiro atoms. The fraction of sp³-hybridized carbons (Fsp3) is 0.100. The summed E-state index contributed by atoms with van der Waals surface area (Å²) < 4.78 is 0. The van der Waals surface area contributed by atoms with Crippen LogP contribution in [-0.2, 0) is 5.88 Å². The Labute approximate surface area is 91.6 Å². The molecule has 0 unspecified atom stereocenters. The normalized spacial score (nSPS) is 10.1. The Bertz CT molecular complexity index is 383. The molecule has 0 bridgehead atoms. The summed E-state index contributed by atoms with van der Waals surface area (Å²) in [7, 11) is 0. The molecule has 1 N–H and O–H groups in total. The summed E-state index contributed by atoms with van der Waals surface area (Å²) in [5.74, 6) is 0.553.